The Morgan fingerprint density at radius 1 is 1.31 bits per heavy atom. The van der Waals surface area contributed by atoms with Gasteiger partial charge in [-0.15, -0.1) is 0 Å². The normalized spacial score (nSPS) is 15.2. The molecule has 0 aromatic carbocycles. The van der Waals surface area contributed by atoms with Gasteiger partial charge in [-0.3, -0.25) is 0 Å². The second-order valence-electron chi connectivity index (χ2n) is 2.95. The molecule has 0 saturated heterocycles. The van der Waals surface area contributed by atoms with E-state index < -0.39 is 29.9 Å². The predicted molar refractivity (Wildman–Crippen MR) is 39.5 cm³/mol. The summed E-state index contributed by atoms with van der Waals surface area (Å²) >= 11 is 0. The van der Waals surface area contributed by atoms with Crippen LogP contribution in [0.1, 0.15) is 31.2 Å². The van der Waals surface area contributed by atoms with Gasteiger partial charge in [0, 0.05) is 0 Å². The number of aromatic nitrogens is 2. The monoisotopic (exact) mass is 246 g/mol. The first-order chi connectivity index (χ1) is 7.20. The Kier molecular flexibility index (Phi) is 3.17. The molecule has 0 spiro atoms. The van der Waals surface area contributed by atoms with Crippen LogP contribution in [0.2, 0.25) is 0 Å². The third-order valence-corrected chi connectivity index (χ3v) is 1.75. The first-order valence-electron chi connectivity index (χ1n) is 4.16. The van der Waals surface area contributed by atoms with E-state index in [1.165, 1.54) is 6.92 Å². The number of rotatable bonds is 3. The molecular formula is C7H7F5N2O2. The third kappa shape index (κ3) is 2.13. The van der Waals surface area contributed by atoms with Crippen LogP contribution in [0.15, 0.2) is 4.52 Å². The maximum absolute atomic E-state index is 12.6. The topological polar surface area (TPSA) is 59.2 Å². The molecule has 1 aromatic rings. The van der Waals surface area contributed by atoms with Crippen molar-refractivity contribution < 1.29 is 31.6 Å². The van der Waals surface area contributed by atoms with Crippen LogP contribution < -0.4 is 0 Å². The molecule has 1 unspecified atom stereocenters. The fourth-order valence-electron chi connectivity index (χ4n) is 0.802. The highest BCUT2D eigenvalue weighted by atomic mass is 19.4. The predicted octanol–water partition coefficient (Wildman–Crippen LogP) is 2.17. The Labute approximate surface area is 86.1 Å². The summed E-state index contributed by atoms with van der Waals surface area (Å²) in [5, 5.41) is 12.0. The van der Waals surface area contributed by atoms with Gasteiger partial charge in [0.1, 0.15) is 6.10 Å². The van der Waals surface area contributed by atoms with Gasteiger partial charge in [-0.2, -0.15) is 26.9 Å². The lowest BCUT2D eigenvalue weighted by Crippen LogP contribution is -2.34. The van der Waals surface area contributed by atoms with Crippen LogP contribution in [0, 0.1) is 0 Å². The second kappa shape index (κ2) is 3.96. The van der Waals surface area contributed by atoms with Crippen molar-refractivity contribution in [2.75, 3.05) is 0 Å². The first-order valence-corrected chi connectivity index (χ1v) is 4.16. The zero-order chi connectivity index (χ0) is 12.6. The molecule has 1 heterocycles. The van der Waals surface area contributed by atoms with Gasteiger partial charge in [0.15, 0.2) is 0 Å². The van der Waals surface area contributed by atoms with E-state index in [2.05, 4.69) is 14.7 Å². The van der Waals surface area contributed by atoms with Crippen molar-refractivity contribution in [2.24, 2.45) is 0 Å². The number of nitrogens with zero attached hydrogens (tertiary/aromatic N) is 2. The molecule has 92 valence electrons. The minimum atomic E-state index is -5.81. The lowest BCUT2D eigenvalue weighted by molar-refractivity contribution is -0.298. The number of aliphatic hydroxyl groups is 1. The third-order valence-electron chi connectivity index (χ3n) is 1.75. The fourth-order valence-corrected chi connectivity index (χ4v) is 0.802. The van der Waals surface area contributed by atoms with Crippen LogP contribution in [0.25, 0.3) is 0 Å². The van der Waals surface area contributed by atoms with Crippen molar-refractivity contribution in [3.8, 4) is 0 Å². The summed E-state index contributed by atoms with van der Waals surface area (Å²) in [4.78, 5) is 2.82. The van der Waals surface area contributed by atoms with E-state index in [-0.39, 0.29) is 6.42 Å². The zero-order valence-corrected chi connectivity index (χ0v) is 7.92. The minimum absolute atomic E-state index is 0.0660. The molecule has 0 aliphatic heterocycles. The molecule has 0 fully saturated rings. The highest BCUT2D eigenvalue weighted by Crippen LogP contribution is 2.43. The summed E-state index contributed by atoms with van der Waals surface area (Å²) < 4.78 is 64.7. The van der Waals surface area contributed by atoms with Crippen LogP contribution in [0.5, 0.6) is 0 Å². The molecule has 0 bridgehead atoms. The molecule has 4 nitrogen and oxygen atoms in total. The van der Waals surface area contributed by atoms with Gasteiger partial charge >= 0.3 is 18.0 Å². The van der Waals surface area contributed by atoms with Crippen LogP contribution in [-0.4, -0.2) is 21.4 Å². The van der Waals surface area contributed by atoms with E-state index >= 15 is 0 Å². The van der Waals surface area contributed by atoms with Crippen molar-refractivity contribution in [2.45, 2.75) is 31.5 Å². The van der Waals surface area contributed by atoms with Gasteiger partial charge in [-0.05, 0) is 6.42 Å². The Balaban J connectivity index is 3.02. The van der Waals surface area contributed by atoms with Crippen molar-refractivity contribution in [3.63, 3.8) is 0 Å². The van der Waals surface area contributed by atoms with Gasteiger partial charge in [-0.1, -0.05) is 12.1 Å². The summed E-state index contributed by atoms with van der Waals surface area (Å²) in [7, 11) is 0. The second-order valence-corrected chi connectivity index (χ2v) is 2.95. The van der Waals surface area contributed by atoms with Crippen LogP contribution in [0.4, 0.5) is 22.0 Å². The van der Waals surface area contributed by atoms with Crippen molar-refractivity contribution in [3.05, 3.63) is 11.7 Å². The van der Waals surface area contributed by atoms with E-state index in [0.29, 0.717) is 0 Å². The molecular weight excluding hydrogens is 239 g/mol. The Morgan fingerprint density at radius 2 is 1.88 bits per heavy atom. The van der Waals surface area contributed by atoms with Crippen molar-refractivity contribution >= 4 is 0 Å². The Hall–Kier alpha value is -1.25. The van der Waals surface area contributed by atoms with Crippen molar-refractivity contribution in [1.29, 1.82) is 0 Å². The molecule has 0 aliphatic rings. The maximum Gasteiger partial charge on any atom is 0.463 e. The zero-order valence-electron chi connectivity index (χ0n) is 7.92. The summed E-state index contributed by atoms with van der Waals surface area (Å²) in [6.07, 6.45) is -7.08. The highest BCUT2D eigenvalue weighted by Gasteiger charge is 2.63. The van der Waals surface area contributed by atoms with Crippen molar-refractivity contribution in [1.82, 2.24) is 10.1 Å². The SMILES string of the molecule is CCC(O)c1noc(C(F)(F)C(F)(F)F)n1. The van der Waals surface area contributed by atoms with Gasteiger partial charge in [0.25, 0.3) is 0 Å². The summed E-state index contributed by atoms with van der Waals surface area (Å²) in [5.41, 5.74) is 0. The standard InChI is InChI=1S/C7H7F5N2O2/c1-2-3(15)4-13-5(16-14-4)6(8,9)7(10,11)12/h3,15H,2H2,1H3. The number of aliphatic hydroxyl groups excluding tert-OH is 1. The van der Waals surface area contributed by atoms with Crippen LogP contribution in [0.3, 0.4) is 0 Å². The molecule has 1 N–H and O–H groups in total. The molecule has 0 amide bonds. The van der Waals surface area contributed by atoms with E-state index in [1.54, 1.807) is 0 Å². The molecule has 1 atom stereocenters. The largest absolute Gasteiger partial charge is 0.463 e. The van der Waals surface area contributed by atoms with E-state index in [4.69, 9.17) is 5.11 Å². The number of hydrogen-bond donors (Lipinski definition) is 1. The first kappa shape index (κ1) is 12.8. The fraction of sp³-hybridized carbons (Fsp3) is 0.714. The van der Waals surface area contributed by atoms with Gasteiger partial charge in [0.05, 0.1) is 0 Å². The summed E-state index contributed by atoms with van der Waals surface area (Å²) in [6, 6.07) is 0. The lowest BCUT2D eigenvalue weighted by atomic mass is 10.2. The minimum Gasteiger partial charge on any atom is -0.385 e. The molecule has 16 heavy (non-hydrogen) atoms. The van der Waals surface area contributed by atoms with Gasteiger partial charge in [-0.25, -0.2) is 0 Å². The van der Waals surface area contributed by atoms with E-state index in [1.807, 2.05) is 0 Å². The van der Waals surface area contributed by atoms with E-state index in [9.17, 15) is 22.0 Å². The number of hydrogen-bond acceptors (Lipinski definition) is 4. The summed E-state index contributed by atoms with van der Waals surface area (Å²) in [6.45, 7) is 1.47. The molecule has 1 aromatic heterocycles. The average molecular weight is 246 g/mol. The van der Waals surface area contributed by atoms with Gasteiger partial charge in [0.2, 0.25) is 5.82 Å². The van der Waals surface area contributed by atoms with E-state index in [0.717, 1.165) is 0 Å². The highest BCUT2D eigenvalue weighted by molar-refractivity contribution is 4.99. The molecule has 1 rings (SSSR count). The molecule has 0 aliphatic carbocycles. The average Bonchev–Trinajstić information content (AvgIpc) is 2.64. The molecule has 0 radical (unpaired) electrons. The Morgan fingerprint density at radius 3 is 2.31 bits per heavy atom. The van der Waals surface area contributed by atoms with Crippen LogP contribution >= 0.6 is 0 Å². The Bertz CT molecular complexity index is 362. The van der Waals surface area contributed by atoms with Crippen LogP contribution in [-0.2, 0) is 5.92 Å². The number of alkyl halides is 5. The van der Waals surface area contributed by atoms with Gasteiger partial charge < -0.3 is 9.63 Å². The molecule has 9 heteroatoms. The lowest BCUT2D eigenvalue weighted by Gasteiger charge is -2.14. The molecule has 0 saturated carbocycles. The summed E-state index contributed by atoms with van der Waals surface area (Å²) in [5.74, 6) is -7.69. The maximum atomic E-state index is 12.6. The smallest absolute Gasteiger partial charge is 0.385 e. The quantitative estimate of drug-likeness (QED) is 0.830. The number of halogens is 5.